The van der Waals surface area contributed by atoms with Crippen molar-refractivity contribution in [1.82, 2.24) is 4.57 Å². The average Bonchev–Trinajstić information content (AvgIpc) is 2.50. The number of anilines is 2. The van der Waals surface area contributed by atoms with Gasteiger partial charge in [0.15, 0.2) is 5.43 Å². The Labute approximate surface area is 138 Å². The monoisotopic (exact) mass is 325 g/mol. The van der Waals surface area contributed by atoms with E-state index in [1.54, 1.807) is 28.8 Å². The molecule has 3 N–H and O–H groups in total. The topological polar surface area (TPSA) is 88.6 Å². The zero-order chi connectivity index (χ0) is 17.6. The predicted molar refractivity (Wildman–Crippen MR) is 96.8 cm³/mol. The third-order valence-electron chi connectivity index (χ3n) is 4.17. The molecule has 0 amide bonds. The fraction of sp³-hybridized carbons (Fsp3) is 0.222. The molecule has 0 bridgehead atoms. The minimum atomic E-state index is -0.977. The van der Waals surface area contributed by atoms with E-state index in [1.807, 2.05) is 32.0 Å². The van der Waals surface area contributed by atoms with Crippen LogP contribution in [0.5, 0.6) is 0 Å². The van der Waals surface area contributed by atoms with Crippen molar-refractivity contribution >= 4 is 39.1 Å². The normalized spacial score (nSPS) is 11.1. The molecule has 6 nitrogen and oxygen atoms in total. The van der Waals surface area contributed by atoms with Crippen LogP contribution in [0, 0.1) is 6.92 Å². The van der Waals surface area contributed by atoms with Crippen molar-refractivity contribution in [3.05, 3.63) is 46.1 Å². The molecule has 2 aromatic carbocycles. The molecule has 3 rings (SSSR count). The number of nitrogen functional groups attached to an aromatic ring is 1. The first-order valence-corrected chi connectivity index (χ1v) is 7.55. The van der Waals surface area contributed by atoms with Crippen molar-refractivity contribution < 1.29 is 9.90 Å². The number of aliphatic carboxylic acids is 1. The Kier molecular flexibility index (Phi) is 3.67. The van der Waals surface area contributed by atoms with Gasteiger partial charge in [-0.3, -0.25) is 9.59 Å². The number of hydrogen-bond donors (Lipinski definition) is 2. The molecule has 0 saturated carbocycles. The standard InChI is InChI=1S/C18H19N3O3/c1-10-4-6-13-17(16(10)20(2)3)21(9-15(22)23)14-8-11(19)5-7-12(14)18(13)24/h4-8H,9,19H2,1-3H3,(H,22,23). The summed E-state index contributed by atoms with van der Waals surface area (Å²) in [6.07, 6.45) is 0. The summed E-state index contributed by atoms with van der Waals surface area (Å²) in [5, 5.41) is 10.3. The number of nitrogens with two attached hydrogens (primary N) is 1. The molecule has 0 radical (unpaired) electrons. The summed E-state index contributed by atoms with van der Waals surface area (Å²) in [7, 11) is 3.75. The smallest absolute Gasteiger partial charge is 0.323 e. The third kappa shape index (κ3) is 2.36. The Bertz CT molecular complexity index is 1040. The molecule has 6 heteroatoms. The first-order chi connectivity index (χ1) is 11.3. The number of carboxylic acids is 1. The number of carboxylic acid groups (broad SMARTS) is 1. The Hall–Kier alpha value is -3.02. The van der Waals surface area contributed by atoms with Gasteiger partial charge in [0.25, 0.3) is 0 Å². The molecule has 0 unspecified atom stereocenters. The van der Waals surface area contributed by atoms with E-state index in [0.29, 0.717) is 27.5 Å². The molecular weight excluding hydrogens is 306 g/mol. The zero-order valence-electron chi connectivity index (χ0n) is 13.8. The molecule has 124 valence electrons. The summed E-state index contributed by atoms with van der Waals surface area (Å²) in [5.74, 6) is -0.977. The second kappa shape index (κ2) is 5.56. The van der Waals surface area contributed by atoms with Crippen molar-refractivity contribution in [2.75, 3.05) is 24.7 Å². The number of hydrogen-bond acceptors (Lipinski definition) is 4. The molecule has 0 aliphatic carbocycles. The van der Waals surface area contributed by atoms with Gasteiger partial charge in [0.2, 0.25) is 0 Å². The van der Waals surface area contributed by atoms with Crippen molar-refractivity contribution in [2.24, 2.45) is 0 Å². The highest BCUT2D eigenvalue weighted by Gasteiger charge is 2.18. The van der Waals surface area contributed by atoms with Crippen LogP contribution < -0.4 is 16.1 Å². The minimum absolute atomic E-state index is 0.121. The lowest BCUT2D eigenvalue weighted by Gasteiger charge is -2.22. The van der Waals surface area contributed by atoms with Crippen LogP contribution in [-0.2, 0) is 11.3 Å². The fourth-order valence-corrected chi connectivity index (χ4v) is 3.23. The van der Waals surface area contributed by atoms with Crippen LogP contribution >= 0.6 is 0 Å². The second-order valence-corrected chi connectivity index (χ2v) is 6.11. The van der Waals surface area contributed by atoms with Gasteiger partial charge in [0.1, 0.15) is 6.54 Å². The van der Waals surface area contributed by atoms with Gasteiger partial charge in [-0.2, -0.15) is 0 Å². The molecule has 24 heavy (non-hydrogen) atoms. The van der Waals surface area contributed by atoms with E-state index >= 15 is 0 Å². The van der Waals surface area contributed by atoms with Gasteiger partial charge in [-0.1, -0.05) is 6.07 Å². The van der Waals surface area contributed by atoms with Crippen LogP contribution in [0.1, 0.15) is 5.56 Å². The SMILES string of the molecule is Cc1ccc2c(=O)c3ccc(N)cc3n(CC(=O)O)c2c1N(C)C. The van der Waals surface area contributed by atoms with E-state index in [9.17, 15) is 14.7 Å². The molecule has 0 spiro atoms. The number of aromatic nitrogens is 1. The first-order valence-electron chi connectivity index (χ1n) is 7.55. The number of pyridine rings is 1. The molecular formula is C18H19N3O3. The Morgan fingerprint density at radius 3 is 2.50 bits per heavy atom. The van der Waals surface area contributed by atoms with Crippen molar-refractivity contribution in [3.63, 3.8) is 0 Å². The van der Waals surface area contributed by atoms with Crippen molar-refractivity contribution in [3.8, 4) is 0 Å². The molecule has 1 aromatic heterocycles. The average molecular weight is 325 g/mol. The Morgan fingerprint density at radius 1 is 1.21 bits per heavy atom. The zero-order valence-corrected chi connectivity index (χ0v) is 13.8. The van der Waals surface area contributed by atoms with Gasteiger partial charge in [-0.05, 0) is 36.8 Å². The quantitative estimate of drug-likeness (QED) is 0.569. The maximum absolute atomic E-state index is 12.9. The van der Waals surface area contributed by atoms with Crippen molar-refractivity contribution in [2.45, 2.75) is 13.5 Å². The summed E-state index contributed by atoms with van der Waals surface area (Å²) >= 11 is 0. The molecule has 3 aromatic rings. The van der Waals surface area contributed by atoms with Gasteiger partial charge in [-0.15, -0.1) is 0 Å². The van der Waals surface area contributed by atoms with Gasteiger partial charge >= 0.3 is 5.97 Å². The second-order valence-electron chi connectivity index (χ2n) is 6.11. The first kappa shape index (κ1) is 15.9. The number of aryl methyl sites for hydroxylation is 1. The van der Waals surface area contributed by atoms with E-state index < -0.39 is 5.97 Å². The van der Waals surface area contributed by atoms with E-state index in [-0.39, 0.29) is 12.0 Å². The minimum Gasteiger partial charge on any atom is -0.480 e. The summed E-state index contributed by atoms with van der Waals surface area (Å²) in [5.41, 5.74) is 9.18. The Balaban J connectivity index is 2.65. The van der Waals surface area contributed by atoms with Gasteiger partial charge < -0.3 is 20.3 Å². The maximum atomic E-state index is 12.9. The number of nitrogens with zero attached hydrogens (tertiary/aromatic N) is 2. The third-order valence-corrected chi connectivity index (χ3v) is 4.17. The number of fused-ring (bicyclic) bond motifs is 2. The lowest BCUT2D eigenvalue weighted by atomic mass is 10.0. The van der Waals surface area contributed by atoms with Crippen LogP contribution in [0.4, 0.5) is 11.4 Å². The molecule has 0 atom stereocenters. The summed E-state index contributed by atoms with van der Waals surface area (Å²) < 4.78 is 1.66. The van der Waals surface area contributed by atoms with Crippen LogP contribution in [0.3, 0.4) is 0 Å². The van der Waals surface area contributed by atoms with Crippen molar-refractivity contribution in [1.29, 1.82) is 0 Å². The van der Waals surface area contributed by atoms with E-state index in [2.05, 4.69) is 0 Å². The highest BCUT2D eigenvalue weighted by atomic mass is 16.4. The van der Waals surface area contributed by atoms with E-state index in [0.717, 1.165) is 11.3 Å². The highest BCUT2D eigenvalue weighted by molar-refractivity contribution is 6.01. The summed E-state index contributed by atoms with van der Waals surface area (Å²) in [4.78, 5) is 26.2. The van der Waals surface area contributed by atoms with Gasteiger partial charge in [-0.25, -0.2) is 0 Å². The number of benzene rings is 2. The Morgan fingerprint density at radius 2 is 1.88 bits per heavy atom. The summed E-state index contributed by atoms with van der Waals surface area (Å²) in [6, 6.07) is 8.60. The van der Waals surface area contributed by atoms with Crippen LogP contribution in [0.2, 0.25) is 0 Å². The maximum Gasteiger partial charge on any atom is 0.323 e. The summed E-state index contributed by atoms with van der Waals surface area (Å²) in [6.45, 7) is 1.69. The van der Waals surface area contributed by atoms with E-state index in [4.69, 9.17) is 5.73 Å². The van der Waals surface area contributed by atoms with Crippen LogP contribution in [0.15, 0.2) is 35.1 Å². The van der Waals surface area contributed by atoms with Gasteiger partial charge in [0, 0.05) is 30.6 Å². The largest absolute Gasteiger partial charge is 0.480 e. The number of carbonyl (C=O) groups is 1. The van der Waals surface area contributed by atoms with Crippen LogP contribution in [-0.4, -0.2) is 29.7 Å². The highest BCUT2D eigenvalue weighted by Crippen LogP contribution is 2.31. The molecule has 0 aliphatic rings. The predicted octanol–water partition coefficient (Wildman–Crippen LogP) is 2.20. The van der Waals surface area contributed by atoms with E-state index in [1.165, 1.54) is 0 Å². The number of rotatable bonds is 3. The molecule has 1 heterocycles. The molecule has 0 fully saturated rings. The van der Waals surface area contributed by atoms with Crippen LogP contribution in [0.25, 0.3) is 21.8 Å². The fourth-order valence-electron chi connectivity index (χ4n) is 3.23. The lowest BCUT2D eigenvalue weighted by Crippen LogP contribution is -2.20. The van der Waals surface area contributed by atoms with Gasteiger partial charge in [0.05, 0.1) is 16.7 Å². The molecule has 0 saturated heterocycles. The molecule has 0 aliphatic heterocycles. The lowest BCUT2D eigenvalue weighted by molar-refractivity contribution is -0.137.